The van der Waals surface area contributed by atoms with E-state index in [1.165, 1.54) is 0 Å². The minimum absolute atomic E-state index is 0.0499. The van der Waals surface area contributed by atoms with Crippen LogP contribution in [0.2, 0.25) is 0 Å². The Morgan fingerprint density at radius 1 is 1.11 bits per heavy atom. The van der Waals surface area contributed by atoms with Gasteiger partial charge in [0, 0.05) is 31.7 Å². The van der Waals surface area contributed by atoms with Crippen molar-refractivity contribution in [2.75, 3.05) is 24.5 Å². The second-order valence-corrected chi connectivity index (χ2v) is 7.82. The molecule has 0 aliphatic carbocycles. The minimum Gasteiger partial charge on any atom is -0.452 e. The first kappa shape index (κ1) is 20.3. The zero-order chi connectivity index (χ0) is 20.4. The molecular weight excluding hydrogens is 360 g/mol. The van der Waals surface area contributed by atoms with Crippen LogP contribution >= 0.6 is 0 Å². The molecule has 0 unspecified atom stereocenters. The smallest absolute Gasteiger partial charge is 0.312 e. The third-order valence-corrected chi connectivity index (χ3v) is 5.18. The molecule has 0 radical (unpaired) electrons. The average Bonchev–Trinajstić information content (AvgIpc) is 3.02. The first-order chi connectivity index (χ1) is 13.2. The number of rotatable bonds is 4. The predicted molar refractivity (Wildman–Crippen MR) is 104 cm³/mol. The summed E-state index contributed by atoms with van der Waals surface area (Å²) < 4.78 is 11.1. The predicted octanol–water partition coefficient (Wildman–Crippen LogP) is 1.92. The van der Waals surface area contributed by atoms with Crippen molar-refractivity contribution in [1.29, 1.82) is 0 Å². The Labute approximate surface area is 165 Å². The van der Waals surface area contributed by atoms with Gasteiger partial charge in [0.1, 0.15) is 0 Å². The number of amides is 2. The topological polar surface area (TPSA) is 76.2 Å². The maximum absolute atomic E-state index is 12.6. The largest absolute Gasteiger partial charge is 0.452 e. The van der Waals surface area contributed by atoms with Crippen molar-refractivity contribution in [2.24, 2.45) is 5.92 Å². The Balaban J connectivity index is 1.57. The lowest BCUT2D eigenvalue weighted by molar-refractivity contribution is -0.166. The number of morpholine rings is 1. The van der Waals surface area contributed by atoms with E-state index < -0.39 is 18.0 Å². The Hall–Kier alpha value is -2.41. The zero-order valence-corrected chi connectivity index (χ0v) is 16.9. The van der Waals surface area contributed by atoms with Gasteiger partial charge in [-0.05, 0) is 39.8 Å². The molecule has 2 amide bonds. The molecule has 2 aliphatic heterocycles. The lowest BCUT2D eigenvalue weighted by Gasteiger charge is -2.36. The zero-order valence-electron chi connectivity index (χ0n) is 16.9. The van der Waals surface area contributed by atoms with E-state index in [9.17, 15) is 14.4 Å². The van der Waals surface area contributed by atoms with Gasteiger partial charge in [-0.25, -0.2) is 0 Å². The fraction of sp³-hybridized carbons (Fsp3) is 0.571. The van der Waals surface area contributed by atoms with Gasteiger partial charge in [-0.15, -0.1) is 0 Å². The van der Waals surface area contributed by atoms with Crippen LogP contribution in [0.15, 0.2) is 24.3 Å². The molecule has 7 heteroatoms. The van der Waals surface area contributed by atoms with Crippen LogP contribution in [0.5, 0.6) is 0 Å². The van der Waals surface area contributed by atoms with E-state index in [0.717, 1.165) is 11.3 Å². The summed E-state index contributed by atoms with van der Waals surface area (Å²) >= 11 is 0. The Bertz CT molecular complexity index is 738. The van der Waals surface area contributed by atoms with Crippen LogP contribution in [0, 0.1) is 12.8 Å². The van der Waals surface area contributed by atoms with Crippen molar-refractivity contribution in [3.8, 4) is 0 Å². The first-order valence-electron chi connectivity index (χ1n) is 9.76. The quantitative estimate of drug-likeness (QED) is 0.737. The molecule has 28 heavy (non-hydrogen) atoms. The Morgan fingerprint density at radius 2 is 1.71 bits per heavy atom. The van der Waals surface area contributed by atoms with E-state index in [2.05, 4.69) is 0 Å². The van der Waals surface area contributed by atoms with Crippen molar-refractivity contribution in [2.45, 2.75) is 52.4 Å². The van der Waals surface area contributed by atoms with Crippen LogP contribution in [0.3, 0.4) is 0 Å². The number of carbonyl (C=O) groups is 3. The number of hydrogen-bond donors (Lipinski definition) is 0. The summed E-state index contributed by atoms with van der Waals surface area (Å²) in [6.45, 7) is 8.62. The van der Waals surface area contributed by atoms with Crippen LogP contribution in [0.1, 0.15) is 32.8 Å². The van der Waals surface area contributed by atoms with Gasteiger partial charge in [0.2, 0.25) is 5.91 Å². The van der Waals surface area contributed by atoms with Crippen molar-refractivity contribution in [1.82, 2.24) is 4.90 Å². The van der Waals surface area contributed by atoms with Gasteiger partial charge >= 0.3 is 5.97 Å². The highest BCUT2D eigenvalue weighted by Crippen LogP contribution is 2.26. The molecule has 1 aromatic carbocycles. The second kappa shape index (κ2) is 8.31. The Kier molecular flexibility index (Phi) is 6.03. The van der Waals surface area contributed by atoms with Gasteiger partial charge < -0.3 is 19.3 Å². The monoisotopic (exact) mass is 388 g/mol. The molecule has 3 rings (SSSR count). The molecule has 0 N–H and O–H groups in total. The number of carbonyl (C=O) groups excluding carboxylic acids is 3. The lowest BCUT2D eigenvalue weighted by atomic mass is 10.1. The summed E-state index contributed by atoms with van der Waals surface area (Å²) in [5.41, 5.74) is 1.87. The number of benzene rings is 1. The standard InChI is InChI=1S/C21H28N2O5/c1-13-5-7-18(8-6-13)23-12-17(9-19(23)24)21(26)28-16(4)20(25)22-10-14(2)27-15(3)11-22/h5-8,14-17H,9-12H2,1-4H3/t14-,15+,16-,17+/m0/s1. The molecule has 2 heterocycles. The average molecular weight is 388 g/mol. The highest BCUT2D eigenvalue weighted by Gasteiger charge is 2.38. The molecule has 0 spiro atoms. The summed E-state index contributed by atoms with van der Waals surface area (Å²) in [4.78, 5) is 40.8. The van der Waals surface area contributed by atoms with Gasteiger partial charge in [0.15, 0.2) is 6.10 Å². The van der Waals surface area contributed by atoms with Crippen molar-refractivity contribution >= 4 is 23.5 Å². The number of esters is 1. The summed E-state index contributed by atoms with van der Waals surface area (Å²) in [6, 6.07) is 7.60. The van der Waals surface area contributed by atoms with E-state index in [-0.39, 0.29) is 37.0 Å². The van der Waals surface area contributed by atoms with E-state index in [1.807, 2.05) is 45.0 Å². The van der Waals surface area contributed by atoms with Crippen LogP contribution in [-0.2, 0) is 23.9 Å². The fourth-order valence-corrected chi connectivity index (χ4v) is 3.78. The molecule has 1 aromatic rings. The second-order valence-electron chi connectivity index (χ2n) is 7.82. The first-order valence-corrected chi connectivity index (χ1v) is 9.76. The van der Waals surface area contributed by atoms with Gasteiger partial charge in [-0.2, -0.15) is 0 Å². The van der Waals surface area contributed by atoms with Gasteiger partial charge in [-0.1, -0.05) is 17.7 Å². The van der Waals surface area contributed by atoms with E-state index >= 15 is 0 Å². The molecule has 4 atom stereocenters. The van der Waals surface area contributed by atoms with E-state index in [0.29, 0.717) is 13.1 Å². The molecule has 152 valence electrons. The maximum atomic E-state index is 12.6. The number of hydrogen-bond acceptors (Lipinski definition) is 5. The Morgan fingerprint density at radius 3 is 2.32 bits per heavy atom. The molecule has 2 aliphatic rings. The van der Waals surface area contributed by atoms with Crippen LogP contribution < -0.4 is 4.90 Å². The molecule has 2 saturated heterocycles. The molecule has 7 nitrogen and oxygen atoms in total. The van der Waals surface area contributed by atoms with Crippen molar-refractivity contribution in [3.63, 3.8) is 0 Å². The summed E-state index contributed by atoms with van der Waals surface area (Å²) in [5, 5.41) is 0. The summed E-state index contributed by atoms with van der Waals surface area (Å²) in [5.74, 6) is -1.40. The lowest BCUT2D eigenvalue weighted by Crippen LogP contribution is -2.51. The molecule has 0 saturated carbocycles. The molecule has 0 aromatic heterocycles. The molecule has 0 bridgehead atoms. The number of anilines is 1. The molecular formula is C21H28N2O5. The minimum atomic E-state index is -0.881. The normalized spacial score (nSPS) is 26.3. The van der Waals surface area contributed by atoms with Gasteiger partial charge in [0.05, 0.1) is 18.1 Å². The van der Waals surface area contributed by atoms with Gasteiger partial charge in [-0.3, -0.25) is 14.4 Å². The van der Waals surface area contributed by atoms with Crippen LogP contribution in [0.4, 0.5) is 5.69 Å². The SMILES string of the molecule is Cc1ccc(N2C[C@H](C(=O)O[C@@H](C)C(=O)N3C[C@@H](C)O[C@@H](C)C3)CC2=O)cc1. The number of nitrogens with zero attached hydrogens (tertiary/aromatic N) is 2. The highest BCUT2D eigenvalue weighted by molar-refractivity contribution is 5.99. The van der Waals surface area contributed by atoms with Gasteiger partial charge in [0.25, 0.3) is 5.91 Å². The third kappa shape index (κ3) is 4.52. The van der Waals surface area contributed by atoms with Crippen molar-refractivity contribution < 1.29 is 23.9 Å². The third-order valence-electron chi connectivity index (χ3n) is 5.18. The maximum Gasteiger partial charge on any atom is 0.312 e. The van der Waals surface area contributed by atoms with Crippen molar-refractivity contribution in [3.05, 3.63) is 29.8 Å². The van der Waals surface area contributed by atoms with E-state index in [4.69, 9.17) is 9.47 Å². The van der Waals surface area contributed by atoms with Crippen LogP contribution in [-0.4, -0.2) is 60.6 Å². The summed E-state index contributed by atoms with van der Waals surface area (Å²) in [6.07, 6.45) is -0.884. The van der Waals surface area contributed by atoms with E-state index in [1.54, 1.807) is 16.7 Å². The highest BCUT2D eigenvalue weighted by atomic mass is 16.5. The number of aryl methyl sites for hydroxylation is 1. The van der Waals surface area contributed by atoms with Crippen LogP contribution in [0.25, 0.3) is 0 Å². The molecule has 2 fully saturated rings. The number of ether oxygens (including phenoxy) is 2. The fourth-order valence-electron chi connectivity index (χ4n) is 3.78. The summed E-state index contributed by atoms with van der Waals surface area (Å²) in [7, 11) is 0.